The topological polar surface area (TPSA) is 55.8 Å². The second kappa shape index (κ2) is 5.79. The van der Waals surface area contributed by atoms with Crippen molar-refractivity contribution in [3.63, 3.8) is 0 Å². The van der Waals surface area contributed by atoms with E-state index in [0.29, 0.717) is 48.3 Å². The van der Waals surface area contributed by atoms with E-state index < -0.39 is 10.0 Å². The zero-order chi connectivity index (χ0) is 16.7. The van der Waals surface area contributed by atoms with E-state index in [1.165, 1.54) is 5.56 Å². The maximum Gasteiger partial charge on any atom is 0.243 e. The number of hydrogen-bond donors (Lipinski definition) is 0. The molecule has 0 saturated carbocycles. The normalized spacial score (nSPS) is 17.4. The first-order valence-corrected chi connectivity index (χ1v) is 9.47. The summed E-state index contributed by atoms with van der Waals surface area (Å²) in [6, 6.07) is 11.3. The highest BCUT2D eigenvalue weighted by atomic mass is 32.2. The number of aryl methyl sites for hydroxylation is 1. The van der Waals surface area contributed by atoms with Crippen molar-refractivity contribution in [3.8, 4) is 11.5 Å². The van der Waals surface area contributed by atoms with Crippen molar-refractivity contribution in [2.75, 3.05) is 19.8 Å². The summed E-state index contributed by atoms with van der Waals surface area (Å²) >= 11 is 0. The third-order valence-corrected chi connectivity index (χ3v) is 6.54. The largest absolute Gasteiger partial charge is 0.486 e. The number of rotatable bonds is 2. The summed E-state index contributed by atoms with van der Waals surface area (Å²) in [5.41, 5.74) is 2.98. The van der Waals surface area contributed by atoms with Crippen LogP contribution < -0.4 is 9.47 Å². The van der Waals surface area contributed by atoms with Gasteiger partial charge in [-0.15, -0.1) is 0 Å². The van der Waals surface area contributed by atoms with E-state index in [-0.39, 0.29) is 0 Å². The van der Waals surface area contributed by atoms with Crippen LogP contribution in [0.3, 0.4) is 0 Å². The Balaban J connectivity index is 1.71. The Bertz CT molecular complexity index is 892. The van der Waals surface area contributed by atoms with Crippen LogP contribution in [-0.4, -0.2) is 32.5 Å². The van der Waals surface area contributed by atoms with E-state index in [2.05, 4.69) is 6.07 Å². The molecule has 2 aliphatic rings. The van der Waals surface area contributed by atoms with Gasteiger partial charge in [0.2, 0.25) is 10.0 Å². The molecule has 4 rings (SSSR count). The molecule has 0 aromatic heterocycles. The average Bonchev–Trinajstić information content (AvgIpc) is 2.60. The van der Waals surface area contributed by atoms with Crippen molar-refractivity contribution in [1.29, 1.82) is 0 Å². The highest BCUT2D eigenvalue weighted by Crippen LogP contribution is 2.36. The molecule has 5 nitrogen and oxygen atoms in total. The van der Waals surface area contributed by atoms with E-state index in [1.807, 2.05) is 18.2 Å². The summed E-state index contributed by atoms with van der Waals surface area (Å²) in [5.74, 6) is 1.12. The van der Waals surface area contributed by atoms with Gasteiger partial charge in [0.15, 0.2) is 11.5 Å². The van der Waals surface area contributed by atoms with Crippen LogP contribution in [0.15, 0.2) is 41.3 Å². The summed E-state index contributed by atoms with van der Waals surface area (Å²) in [6.07, 6.45) is 0.735. The summed E-state index contributed by atoms with van der Waals surface area (Å²) in [7, 11) is -3.57. The molecule has 2 aromatic carbocycles. The average molecular weight is 345 g/mol. The third-order valence-electron chi connectivity index (χ3n) is 4.55. The zero-order valence-corrected chi connectivity index (χ0v) is 14.3. The van der Waals surface area contributed by atoms with E-state index in [1.54, 1.807) is 23.4 Å². The number of nitrogens with zero attached hydrogens (tertiary/aromatic N) is 1. The van der Waals surface area contributed by atoms with Crippen LogP contribution in [0.2, 0.25) is 0 Å². The maximum absolute atomic E-state index is 13.1. The van der Waals surface area contributed by atoms with Crippen molar-refractivity contribution in [1.82, 2.24) is 4.31 Å². The Kier molecular flexibility index (Phi) is 3.73. The molecule has 0 bridgehead atoms. The first-order chi connectivity index (χ1) is 11.6. The lowest BCUT2D eigenvalue weighted by molar-refractivity contribution is 0.171. The molecule has 0 N–H and O–H groups in total. The van der Waals surface area contributed by atoms with E-state index in [0.717, 1.165) is 12.0 Å². The van der Waals surface area contributed by atoms with Crippen molar-refractivity contribution in [2.45, 2.75) is 24.8 Å². The molecule has 0 fully saturated rings. The van der Waals surface area contributed by atoms with Crippen LogP contribution in [0.25, 0.3) is 0 Å². The van der Waals surface area contributed by atoms with Crippen molar-refractivity contribution in [2.24, 2.45) is 0 Å². The second-order valence-corrected chi connectivity index (χ2v) is 8.03. The Morgan fingerprint density at radius 2 is 1.67 bits per heavy atom. The molecule has 126 valence electrons. The van der Waals surface area contributed by atoms with Gasteiger partial charge in [-0.3, -0.25) is 0 Å². The van der Waals surface area contributed by atoms with Crippen LogP contribution in [0, 0.1) is 6.92 Å². The minimum atomic E-state index is -3.57. The lowest BCUT2D eigenvalue weighted by Crippen LogP contribution is -2.36. The number of benzene rings is 2. The molecule has 0 radical (unpaired) electrons. The van der Waals surface area contributed by atoms with Crippen LogP contribution in [0.4, 0.5) is 0 Å². The molecule has 0 aliphatic carbocycles. The Labute approximate surface area is 141 Å². The van der Waals surface area contributed by atoms with Crippen LogP contribution in [0.1, 0.15) is 16.7 Å². The summed E-state index contributed by atoms with van der Waals surface area (Å²) in [4.78, 5) is 0.297. The maximum atomic E-state index is 13.1. The van der Waals surface area contributed by atoms with Crippen molar-refractivity contribution in [3.05, 3.63) is 53.1 Å². The molecule has 0 saturated heterocycles. The van der Waals surface area contributed by atoms with Crippen molar-refractivity contribution >= 4 is 10.0 Å². The monoisotopic (exact) mass is 345 g/mol. The fourth-order valence-corrected chi connectivity index (χ4v) is 4.90. The van der Waals surface area contributed by atoms with Crippen LogP contribution in [0.5, 0.6) is 11.5 Å². The number of ether oxygens (including phenoxy) is 2. The highest BCUT2D eigenvalue weighted by Gasteiger charge is 2.31. The standard InChI is InChI=1S/C18H19NO4S/c1-13-10-16-17(23-9-8-22-16)11-18(13)24(20,21)19-7-6-14-4-2-3-5-15(14)12-19/h2-5,10-11H,6-9,12H2,1H3. The third kappa shape index (κ3) is 2.56. The minimum absolute atomic E-state index is 0.297. The van der Waals surface area contributed by atoms with Crippen LogP contribution in [-0.2, 0) is 23.0 Å². The fourth-order valence-electron chi connectivity index (χ4n) is 3.26. The van der Waals surface area contributed by atoms with Gasteiger partial charge in [0.05, 0.1) is 4.90 Å². The van der Waals surface area contributed by atoms with Crippen molar-refractivity contribution < 1.29 is 17.9 Å². The Morgan fingerprint density at radius 1 is 1.00 bits per heavy atom. The zero-order valence-electron chi connectivity index (χ0n) is 13.5. The summed E-state index contributed by atoms with van der Waals surface area (Å²) in [6.45, 7) is 3.62. The molecular formula is C18H19NO4S. The predicted octanol–water partition coefficient (Wildman–Crippen LogP) is 2.51. The first kappa shape index (κ1) is 15.5. The first-order valence-electron chi connectivity index (χ1n) is 8.03. The van der Waals surface area contributed by atoms with E-state index in [4.69, 9.17) is 9.47 Å². The van der Waals surface area contributed by atoms with Gasteiger partial charge in [0.1, 0.15) is 13.2 Å². The molecule has 6 heteroatoms. The van der Waals surface area contributed by atoms with Gasteiger partial charge in [0.25, 0.3) is 0 Å². The molecule has 24 heavy (non-hydrogen) atoms. The second-order valence-electron chi connectivity index (χ2n) is 6.12. The van der Waals surface area contributed by atoms with Gasteiger partial charge in [-0.25, -0.2) is 8.42 Å². The quantitative estimate of drug-likeness (QED) is 0.839. The lowest BCUT2D eigenvalue weighted by atomic mass is 10.0. The Morgan fingerprint density at radius 3 is 2.42 bits per heavy atom. The van der Waals surface area contributed by atoms with Gasteiger partial charge in [0, 0.05) is 19.2 Å². The van der Waals surface area contributed by atoms with Crippen LogP contribution >= 0.6 is 0 Å². The molecule has 0 atom stereocenters. The lowest BCUT2D eigenvalue weighted by Gasteiger charge is -2.29. The number of hydrogen-bond acceptors (Lipinski definition) is 4. The van der Waals surface area contributed by atoms with E-state index in [9.17, 15) is 8.42 Å². The molecule has 0 unspecified atom stereocenters. The Hall–Kier alpha value is -2.05. The highest BCUT2D eigenvalue weighted by molar-refractivity contribution is 7.89. The van der Waals surface area contributed by atoms with E-state index >= 15 is 0 Å². The molecule has 2 heterocycles. The molecule has 2 aromatic rings. The summed E-state index contributed by atoms with van der Waals surface area (Å²) in [5, 5.41) is 0. The van der Waals surface area contributed by atoms with Gasteiger partial charge in [-0.05, 0) is 36.1 Å². The number of fused-ring (bicyclic) bond motifs is 2. The molecular weight excluding hydrogens is 326 g/mol. The number of sulfonamides is 1. The predicted molar refractivity (Wildman–Crippen MR) is 89.9 cm³/mol. The molecule has 0 spiro atoms. The summed E-state index contributed by atoms with van der Waals surface area (Å²) < 4.78 is 38.9. The molecule has 0 amide bonds. The van der Waals surface area contributed by atoms with Gasteiger partial charge < -0.3 is 9.47 Å². The SMILES string of the molecule is Cc1cc2c(cc1S(=O)(=O)N1CCc3ccccc3C1)OCCO2. The smallest absolute Gasteiger partial charge is 0.243 e. The fraction of sp³-hybridized carbons (Fsp3) is 0.333. The van der Waals surface area contributed by atoms with Gasteiger partial charge in [-0.2, -0.15) is 4.31 Å². The van der Waals surface area contributed by atoms with Gasteiger partial charge >= 0.3 is 0 Å². The molecule has 2 aliphatic heterocycles. The minimum Gasteiger partial charge on any atom is -0.486 e. The van der Waals surface area contributed by atoms with Gasteiger partial charge in [-0.1, -0.05) is 24.3 Å².